The van der Waals surface area contributed by atoms with Crippen LogP contribution in [0.4, 0.5) is 5.69 Å². The Balaban J connectivity index is 2.65. The average molecular weight is 262 g/mol. The van der Waals surface area contributed by atoms with Crippen LogP contribution in [0.25, 0.3) is 0 Å². The smallest absolute Gasteiger partial charge is 0.143 e. The molecule has 0 radical (unpaired) electrons. The lowest BCUT2D eigenvalue weighted by atomic mass is 10.1. The van der Waals surface area contributed by atoms with Gasteiger partial charge in [-0.3, -0.25) is 0 Å². The van der Waals surface area contributed by atoms with E-state index in [-0.39, 0.29) is 11.8 Å². The molecule has 0 spiro atoms. The second kappa shape index (κ2) is 5.82. The highest BCUT2D eigenvalue weighted by Gasteiger charge is 2.09. The molecule has 4 nitrogen and oxygen atoms in total. The lowest BCUT2D eigenvalue weighted by Crippen LogP contribution is -2.27. The maximum absolute atomic E-state index is 8.49. The van der Waals surface area contributed by atoms with Crippen molar-refractivity contribution in [2.75, 3.05) is 11.9 Å². The van der Waals surface area contributed by atoms with E-state index in [1.54, 1.807) is 12.1 Å². The van der Waals surface area contributed by atoms with Gasteiger partial charge in [-0.25, -0.2) is 0 Å². The van der Waals surface area contributed by atoms with Gasteiger partial charge in [-0.15, -0.1) is 0 Å². The maximum atomic E-state index is 8.49. The van der Waals surface area contributed by atoms with Gasteiger partial charge in [0.25, 0.3) is 0 Å². The lowest BCUT2D eigenvalue weighted by molar-refractivity contribution is 0.315. The SMILES string of the molecule is CC(CNc1cccc(Cl)c1Cl)C(N)=NO. The molecule has 0 aromatic heterocycles. The summed E-state index contributed by atoms with van der Waals surface area (Å²) >= 11 is 11.8. The molecule has 1 atom stereocenters. The third-order valence-corrected chi connectivity index (χ3v) is 2.99. The number of hydrogen-bond donors (Lipinski definition) is 3. The molecule has 0 saturated heterocycles. The Bertz CT molecular complexity index is 396. The normalized spacial score (nSPS) is 13.6. The number of nitrogens with zero attached hydrogens (tertiary/aromatic N) is 1. The molecule has 16 heavy (non-hydrogen) atoms. The molecule has 6 heteroatoms. The standard InChI is InChI=1S/C10H13Cl2N3O/c1-6(10(13)15-16)5-14-8-4-2-3-7(11)9(8)12/h2-4,6,14,16H,5H2,1H3,(H2,13,15). The zero-order valence-corrected chi connectivity index (χ0v) is 10.3. The molecule has 4 N–H and O–H groups in total. The Morgan fingerprint density at radius 1 is 1.56 bits per heavy atom. The van der Waals surface area contributed by atoms with Gasteiger partial charge in [0.2, 0.25) is 0 Å². The zero-order valence-electron chi connectivity index (χ0n) is 8.74. The van der Waals surface area contributed by atoms with Crippen molar-refractivity contribution in [1.29, 1.82) is 0 Å². The molecule has 0 aliphatic rings. The zero-order chi connectivity index (χ0) is 12.1. The predicted molar refractivity (Wildman–Crippen MR) is 67.5 cm³/mol. The summed E-state index contributed by atoms with van der Waals surface area (Å²) in [5, 5.41) is 15.5. The number of benzene rings is 1. The minimum atomic E-state index is -0.0972. The van der Waals surface area contributed by atoms with Gasteiger partial charge in [0.05, 0.1) is 15.7 Å². The Morgan fingerprint density at radius 2 is 2.25 bits per heavy atom. The average Bonchev–Trinajstić information content (AvgIpc) is 2.29. The molecule has 1 aromatic rings. The monoisotopic (exact) mass is 261 g/mol. The van der Waals surface area contributed by atoms with Crippen LogP contribution in [0.5, 0.6) is 0 Å². The molecule has 88 valence electrons. The molecule has 1 aromatic carbocycles. The fourth-order valence-corrected chi connectivity index (χ4v) is 1.47. The van der Waals surface area contributed by atoms with Gasteiger partial charge >= 0.3 is 0 Å². The first kappa shape index (κ1) is 12.9. The number of nitrogens with two attached hydrogens (primary N) is 1. The summed E-state index contributed by atoms with van der Waals surface area (Å²) in [5.74, 6) is 0.0747. The predicted octanol–water partition coefficient (Wildman–Crippen LogP) is 2.79. The fourth-order valence-electron chi connectivity index (χ4n) is 1.11. The number of hydrogen-bond acceptors (Lipinski definition) is 3. The Labute approximate surface area is 104 Å². The number of oxime groups is 1. The molecule has 0 fully saturated rings. The highest BCUT2D eigenvalue weighted by Crippen LogP contribution is 2.29. The van der Waals surface area contributed by atoms with Crippen molar-refractivity contribution in [2.45, 2.75) is 6.92 Å². The van der Waals surface area contributed by atoms with E-state index in [1.807, 2.05) is 13.0 Å². The van der Waals surface area contributed by atoms with E-state index >= 15 is 0 Å². The number of anilines is 1. The van der Waals surface area contributed by atoms with Gasteiger partial charge in [0, 0.05) is 12.5 Å². The van der Waals surface area contributed by atoms with Gasteiger partial charge in [-0.2, -0.15) is 0 Å². The van der Waals surface area contributed by atoms with Crippen molar-refractivity contribution < 1.29 is 5.21 Å². The van der Waals surface area contributed by atoms with E-state index in [1.165, 1.54) is 0 Å². The van der Waals surface area contributed by atoms with Crippen LogP contribution in [0.2, 0.25) is 10.0 Å². The lowest BCUT2D eigenvalue weighted by Gasteiger charge is -2.13. The molecule has 0 bridgehead atoms. The third-order valence-electron chi connectivity index (χ3n) is 2.17. The Hall–Kier alpha value is -1.13. The van der Waals surface area contributed by atoms with E-state index < -0.39 is 0 Å². The molecule has 1 unspecified atom stereocenters. The van der Waals surface area contributed by atoms with Gasteiger partial charge in [-0.05, 0) is 12.1 Å². The number of rotatable bonds is 4. The topological polar surface area (TPSA) is 70.6 Å². The fraction of sp³-hybridized carbons (Fsp3) is 0.300. The summed E-state index contributed by atoms with van der Waals surface area (Å²) in [6.45, 7) is 2.34. The summed E-state index contributed by atoms with van der Waals surface area (Å²) < 4.78 is 0. The van der Waals surface area contributed by atoms with Crippen molar-refractivity contribution >= 4 is 34.7 Å². The number of amidine groups is 1. The maximum Gasteiger partial charge on any atom is 0.143 e. The molecule has 0 saturated carbocycles. The molecule has 0 aliphatic carbocycles. The minimum absolute atomic E-state index is 0.0972. The second-order valence-electron chi connectivity index (χ2n) is 3.41. The van der Waals surface area contributed by atoms with E-state index in [0.717, 1.165) is 5.69 Å². The Morgan fingerprint density at radius 3 is 2.88 bits per heavy atom. The van der Waals surface area contributed by atoms with Crippen LogP contribution in [0.15, 0.2) is 23.4 Å². The van der Waals surface area contributed by atoms with Gasteiger partial charge < -0.3 is 16.3 Å². The Kier molecular flexibility index (Phi) is 4.71. The van der Waals surface area contributed by atoms with Crippen molar-refractivity contribution in [3.63, 3.8) is 0 Å². The van der Waals surface area contributed by atoms with Gasteiger partial charge in [0.1, 0.15) is 5.84 Å². The largest absolute Gasteiger partial charge is 0.409 e. The molecular weight excluding hydrogens is 249 g/mol. The third kappa shape index (κ3) is 3.18. The number of halogens is 2. The van der Waals surface area contributed by atoms with E-state index in [2.05, 4.69) is 10.5 Å². The van der Waals surface area contributed by atoms with Gasteiger partial charge in [-0.1, -0.05) is 41.3 Å². The van der Waals surface area contributed by atoms with E-state index in [9.17, 15) is 0 Å². The summed E-state index contributed by atoms with van der Waals surface area (Å²) in [5.41, 5.74) is 6.18. The quantitative estimate of drug-likeness (QED) is 0.338. The first-order valence-corrected chi connectivity index (χ1v) is 5.47. The van der Waals surface area contributed by atoms with Crippen LogP contribution in [-0.2, 0) is 0 Å². The molecule has 0 aliphatic heterocycles. The first-order valence-electron chi connectivity index (χ1n) is 4.71. The van der Waals surface area contributed by atoms with E-state index in [0.29, 0.717) is 16.6 Å². The van der Waals surface area contributed by atoms with Crippen LogP contribution in [0.1, 0.15) is 6.92 Å². The van der Waals surface area contributed by atoms with E-state index in [4.69, 9.17) is 34.1 Å². The summed E-state index contributed by atoms with van der Waals surface area (Å²) in [7, 11) is 0. The van der Waals surface area contributed by atoms with Crippen molar-refractivity contribution in [1.82, 2.24) is 0 Å². The number of nitrogens with one attached hydrogen (secondary N) is 1. The summed E-state index contributed by atoms with van der Waals surface area (Å²) in [4.78, 5) is 0. The van der Waals surface area contributed by atoms with Crippen molar-refractivity contribution in [3.8, 4) is 0 Å². The van der Waals surface area contributed by atoms with Crippen LogP contribution < -0.4 is 11.1 Å². The highest BCUT2D eigenvalue weighted by atomic mass is 35.5. The summed E-state index contributed by atoms with van der Waals surface area (Å²) in [6.07, 6.45) is 0. The molecule has 0 heterocycles. The van der Waals surface area contributed by atoms with Crippen LogP contribution in [0, 0.1) is 5.92 Å². The summed E-state index contributed by atoms with van der Waals surface area (Å²) in [6, 6.07) is 5.32. The molecule has 1 rings (SSSR count). The van der Waals surface area contributed by atoms with Crippen molar-refractivity contribution in [2.24, 2.45) is 16.8 Å². The molecular formula is C10H13Cl2N3O. The first-order chi connectivity index (χ1) is 7.56. The van der Waals surface area contributed by atoms with Crippen LogP contribution in [-0.4, -0.2) is 17.6 Å². The van der Waals surface area contributed by atoms with Gasteiger partial charge in [0.15, 0.2) is 0 Å². The van der Waals surface area contributed by atoms with Crippen LogP contribution in [0.3, 0.4) is 0 Å². The van der Waals surface area contributed by atoms with Crippen LogP contribution >= 0.6 is 23.2 Å². The second-order valence-corrected chi connectivity index (χ2v) is 4.19. The molecule has 0 amide bonds. The highest BCUT2D eigenvalue weighted by molar-refractivity contribution is 6.43. The van der Waals surface area contributed by atoms with Crippen molar-refractivity contribution in [3.05, 3.63) is 28.2 Å². The minimum Gasteiger partial charge on any atom is -0.409 e.